The molecule has 0 fully saturated rings. The molecule has 0 spiro atoms. The van der Waals surface area contributed by atoms with E-state index in [4.69, 9.17) is 32.9 Å². The maximum absolute atomic E-state index is 13.6. The predicted molar refractivity (Wildman–Crippen MR) is 194 cm³/mol. The van der Waals surface area contributed by atoms with Crippen LogP contribution in [0, 0.1) is 18.5 Å². The van der Waals surface area contributed by atoms with Crippen molar-refractivity contribution in [1.82, 2.24) is 0 Å². The van der Waals surface area contributed by atoms with E-state index in [2.05, 4.69) is 71.3 Å². The third-order valence-electron chi connectivity index (χ3n) is 7.47. The van der Waals surface area contributed by atoms with Gasteiger partial charge in [0.25, 0.3) is 5.91 Å². The molecule has 1 heterocycles. The van der Waals surface area contributed by atoms with E-state index in [0.29, 0.717) is 28.1 Å². The van der Waals surface area contributed by atoms with Crippen LogP contribution in [0.25, 0.3) is 0 Å². The number of benzene rings is 3. The van der Waals surface area contributed by atoms with Crippen LogP contribution in [0.1, 0.15) is 59.1 Å². The summed E-state index contributed by atoms with van der Waals surface area (Å²) in [6.45, 7) is 7.25. The predicted octanol–water partition coefficient (Wildman–Crippen LogP) is 11.0. The maximum Gasteiger partial charge on any atom is 0.259 e. The number of para-hydroxylation sites is 1. The normalized spacial score (nSPS) is 15.1. The number of nitrogens with zero attached hydrogens (tertiary/aromatic N) is 1. The molecule has 0 saturated heterocycles. The average Bonchev–Trinajstić information content (AvgIpc) is 3.30. The molecule has 5 rings (SSSR count). The highest BCUT2D eigenvalue weighted by molar-refractivity contribution is 14.1. The quantitative estimate of drug-likeness (QED) is 0.149. The number of aliphatic imine (C=N–C) groups is 1. The van der Waals surface area contributed by atoms with Crippen LogP contribution in [0.4, 0.5) is 10.7 Å². The van der Waals surface area contributed by atoms with E-state index in [1.54, 1.807) is 17.4 Å². The van der Waals surface area contributed by atoms with Crippen molar-refractivity contribution in [3.63, 3.8) is 0 Å². The Kier molecular flexibility index (Phi) is 10.2. The van der Waals surface area contributed by atoms with E-state index in [1.807, 2.05) is 60.8 Å². The SMILES string of the molecule is CC(C)(C)[C@@H]1CCc2c(sc(N=Cc3cc(I)c(OCc4ccc(Cl)cc4Cl)c(I)c3)c2C(=O)Nc2ccccc2)C1. The number of carbonyl (C=O) groups excluding carboxylic acids is 1. The van der Waals surface area contributed by atoms with Crippen LogP contribution in [-0.2, 0) is 19.4 Å². The van der Waals surface area contributed by atoms with Crippen LogP contribution in [0.15, 0.2) is 65.7 Å². The summed E-state index contributed by atoms with van der Waals surface area (Å²) in [6, 6.07) is 19.1. The molecule has 218 valence electrons. The number of hydrogen-bond donors (Lipinski definition) is 1. The lowest BCUT2D eigenvalue weighted by atomic mass is 9.72. The number of hydrogen-bond acceptors (Lipinski definition) is 4. The molecule has 1 atom stereocenters. The summed E-state index contributed by atoms with van der Waals surface area (Å²) in [5, 5.41) is 5.02. The van der Waals surface area contributed by atoms with E-state index in [9.17, 15) is 4.79 Å². The number of rotatable bonds is 7. The van der Waals surface area contributed by atoms with E-state index < -0.39 is 0 Å². The Balaban J connectivity index is 1.42. The first-order valence-electron chi connectivity index (χ1n) is 13.6. The van der Waals surface area contributed by atoms with Gasteiger partial charge in [0.05, 0.1) is 12.7 Å². The van der Waals surface area contributed by atoms with Gasteiger partial charge in [0.1, 0.15) is 17.4 Å². The number of ether oxygens (including phenoxy) is 1. The molecule has 4 aromatic rings. The Labute approximate surface area is 288 Å². The number of halogens is 4. The van der Waals surface area contributed by atoms with Crippen molar-refractivity contribution in [3.05, 3.63) is 105 Å². The third-order valence-corrected chi connectivity index (χ3v) is 10.8. The molecule has 1 N–H and O–H groups in total. The molecule has 1 aromatic heterocycles. The van der Waals surface area contributed by atoms with Gasteiger partial charge in [-0.05, 0) is 123 Å². The smallest absolute Gasteiger partial charge is 0.259 e. The summed E-state index contributed by atoms with van der Waals surface area (Å²) in [5.41, 5.74) is 4.65. The number of anilines is 1. The minimum Gasteiger partial charge on any atom is -0.487 e. The molecule has 3 aromatic carbocycles. The first-order valence-corrected chi connectivity index (χ1v) is 17.3. The minimum absolute atomic E-state index is 0.103. The Morgan fingerprint density at radius 2 is 1.81 bits per heavy atom. The van der Waals surface area contributed by atoms with Crippen LogP contribution in [0.5, 0.6) is 5.75 Å². The van der Waals surface area contributed by atoms with Gasteiger partial charge in [0.15, 0.2) is 0 Å². The highest BCUT2D eigenvalue weighted by atomic mass is 127. The van der Waals surface area contributed by atoms with Gasteiger partial charge < -0.3 is 10.1 Å². The minimum atomic E-state index is -0.103. The standard InChI is InChI=1S/C33H30Cl2I2N2O2S/c1-33(2,3)21-10-12-24-28(15-21)42-32(29(24)31(40)39-23-7-5-4-6-8-23)38-17-19-13-26(36)30(27(37)14-19)41-18-20-9-11-22(34)16-25(20)35/h4-9,11,13-14,16-17,21H,10,12,15,18H2,1-3H3,(H,39,40)/t21-/m1/s1. The number of nitrogens with one attached hydrogen (secondary N) is 1. The Hall–Kier alpha value is -1.66. The van der Waals surface area contributed by atoms with Crippen molar-refractivity contribution in [2.24, 2.45) is 16.3 Å². The number of thiophene rings is 1. The van der Waals surface area contributed by atoms with Gasteiger partial charge in [-0.25, -0.2) is 4.99 Å². The van der Waals surface area contributed by atoms with E-state index in [0.717, 1.165) is 59.5 Å². The molecule has 1 aliphatic rings. The van der Waals surface area contributed by atoms with Gasteiger partial charge in [0.2, 0.25) is 0 Å². The van der Waals surface area contributed by atoms with Crippen LogP contribution >= 0.6 is 79.7 Å². The summed E-state index contributed by atoms with van der Waals surface area (Å²) in [6.07, 6.45) is 4.79. The molecule has 42 heavy (non-hydrogen) atoms. The first kappa shape index (κ1) is 31.8. The molecule has 0 unspecified atom stereocenters. The highest BCUT2D eigenvalue weighted by Crippen LogP contribution is 2.45. The summed E-state index contributed by atoms with van der Waals surface area (Å²) in [7, 11) is 0. The first-order chi connectivity index (χ1) is 20.0. The van der Waals surface area contributed by atoms with Crippen molar-refractivity contribution in [2.45, 2.75) is 46.6 Å². The van der Waals surface area contributed by atoms with Crippen molar-refractivity contribution in [1.29, 1.82) is 0 Å². The second kappa shape index (κ2) is 13.5. The molecular weight excluding hydrogens is 813 g/mol. The largest absolute Gasteiger partial charge is 0.487 e. The average molecular weight is 843 g/mol. The molecule has 0 radical (unpaired) electrons. The Bertz CT molecular complexity index is 1620. The second-order valence-corrected chi connectivity index (χ2v) is 15.7. The van der Waals surface area contributed by atoms with Crippen molar-refractivity contribution < 1.29 is 9.53 Å². The summed E-state index contributed by atoms with van der Waals surface area (Å²) in [4.78, 5) is 19.8. The fraction of sp³-hybridized carbons (Fsp3) is 0.273. The summed E-state index contributed by atoms with van der Waals surface area (Å²) in [5.74, 6) is 1.26. The molecule has 4 nitrogen and oxygen atoms in total. The molecule has 1 amide bonds. The Morgan fingerprint density at radius 3 is 2.48 bits per heavy atom. The fourth-order valence-electron chi connectivity index (χ4n) is 5.06. The molecule has 1 aliphatic carbocycles. The zero-order valence-corrected chi connectivity index (χ0v) is 30.1. The maximum atomic E-state index is 13.6. The topological polar surface area (TPSA) is 50.7 Å². The lowest BCUT2D eigenvalue weighted by Gasteiger charge is -2.33. The molecular formula is C33H30Cl2I2N2O2S. The Morgan fingerprint density at radius 1 is 1.10 bits per heavy atom. The highest BCUT2D eigenvalue weighted by Gasteiger charge is 2.33. The third kappa shape index (κ3) is 7.52. The lowest BCUT2D eigenvalue weighted by molar-refractivity contribution is 0.102. The van der Waals surface area contributed by atoms with Gasteiger partial charge in [-0.15, -0.1) is 11.3 Å². The van der Waals surface area contributed by atoms with Gasteiger partial charge in [-0.3, -0.25) is 4.79 Å². The zero-order valence-electron chi connectivity index (χ0n) is 23.4. The van der Waals surface area contributed by atoms with Crippen LogP contribution in [-0.4, -0.2) is 12.1 Å². The lowest BCUT2D eigenvalue weighted by Crippen LogP contribution is -2.27. The molecule has 0 bridgehead atoms. The molecule has 0 saturated carbocycles. The van der Waals surface area contributed by atoms with Gasteiger partial charge >= 0.3 is 0 Å². The molecule has 9 heteroatoms. The van der Waals surface area contributed by atoms with Gasteiger partial charge in [-0.1, -0.05) is 68.2 Å². The van der Waals surface area contributed by atoms with E-state index >= 15 is 0 Å². The van der Waals surface area contributed by atoms with E-state index in [-0.39, 0.29) is 11.3 Å². The van der Waals surface area contributed by atoms with Crippen LogP contribution in [0.2, 0.25) is 10.0 Å². The van der Waals surface area contributed by atoms with Crippen LogP contribution < -0.4 is 10.1 Å². The fourth-order valence-corrected chi connectivity index (χ4v) is 8.92. The summed E-state index contributed by atoms with van der Waals surface area (Å²) < 4.78 is 8.08. The van der Waals surface area contributed by atoms with Gasteiger partial charge in [-0.2, -0.15) is 0 Å². The number of amides is 1. The summed E-state index contributed by atoms with van der Waals surface area (Å²) >= 11 is 18.6. The van der Waals surface area contributed by atoms with Crippen molar-refractivity contribution in [2.75, 3.05) is 5.32 Å². The zero-order chi connectivity index (χ0) is 30.0. The molecule has 0 aliphatic heterocycles. The van der Waals surface area contributed by atoms with E-state index in [1.165, 1.54) is 4.88 Å². The van der Waals surface area contributed by atoms with Crippen molar-refractivity contribution >= 4 is 103 Å². The number of carbonyl (C=O) groups is 1. The number of fused-ring (bicyclic) bond motifs is 1. The second-order valence-electron chi connectivity index (χ2n) is 11.4. The van der Waals surface area contributed by atoms with Crippen LogP contribution in [0.3, 0.4) is 0 Å². The van der Waals surface area contributed by atoms with Crippen molar-refractivity contribution in [3.8, 4) is 5.75 Å². The monoisotopic (exact) mass is 842 g/mol. The van der Waals surface area contributed by atoms with Gasteiger partial charge in [0, 0.05) is 32.4 Å².